The van der Waals surface area contributed by atoms with Crippen molar-refractivity contribution < 1.29 is 17.4 Å². The van der Waals surface area contributed by atoms with E-state index in [9.17, 15) is 8.42 Å². The van der Waals surface area contributed by atoms with E-state index in [1.165, 1.54) is 0 Å². The lowest BCUT2D eigenvalue weighted by molar-refractivity contribution is 0.355. The summed E-state index contributed by atoms with van der Waals surface area (Å²) in [5, 5.41) is 12.2. The fourth-order valence-corrected chi connectivity index (χ4v) is 3.76. The van der Waals surface area contributed by atoms with Crippen LogP contribution in [0.1, 0.15) is 29.8 Å². The van der Waals surface area contributed by atoms with Crippen molar-refractivity contribution in [3.8, 4) is 22.9 Å². The molecule has 11 heteroatoms. The van der Waals surface area contributed by atoms with Crippen LogP contribution in [-0.2, 0) is 28.5 Å². The Balaban J connectivity index is 1.68. The highest BCUT2D eigenvalue weighted by molar-refractivity contribution is 7.88. The second-order valence-corrected chi connectivity index (χ2v) is 9.98. The zero-order chi connectivity index (χ0) is 23.6. The molecule has 1 atom stereocenters. The summed E-state index contributed by atoms with van der Waals surface area (Å²) in [6.07, 6.45) is 1.61. The van der Waals surface area contributed by atoms with Crippen molar-refractivity contribution in [1.82, 2.24) is 25.1 Å². The van der Waals surface area contributed by atoms with Gasteiger partial charge in [0.05, 0.1) is 11.8 Å². The van der Waals surface area contributed by atoms with Crippen molar-refractivity contribution >= 4 is 10.0 Å². The van der Waals surface area contributed by atoms with Gasteiger partial charge in [-0.25, -0.2) is 13.1 Å². The van der Waals surface area contributed by atoms with Gasteiger partial charge in [-0.1, -0.05) is 35.5 Å². The van der Waals surface area contributed by atoms with E-state index in [2.05, 4.69) is 25.1 Å². The summed E-state index contributed by atoms with van der Waals surface area (Å²) in [6, 6.07) is 15.1. The summed E-state index contributed by atoms with van der Waals surface area (Å²) in [6.45, 7) is 3.61. The molecule has 2 aromatic heterocycles. The Morgan fingerprint density at radius 2 is 1.73 bits per heavy atom. The van der Waals surface area contributed by atoms with Crippen LogP contribution < -0.4 is 10.5 Å². The first-order valence-corrected chi connectivity index (χ1v) is 12.0. The number of hydrogen-bond acceptors (Lipinski definition) is 9. The average molecular weight is 469 g/mol. The number of nitrogens with one attached hydrogen (secondary N) is 1. The molecule has 33 heavy (non-hydrogen) atoms. The van der Waals surface area contributed by atoms with Crippen molar-refractivity contribution in [2.45, 2.75) is 32.4 Å². The molecule has 2 heterocycles. The number of aryl methyl sites for hydroxylation is 1. The predicted molar refractivity (Wildman–Crippen MR) is 121 cm³/mol. The van der Waals surface area contributed by atoms with Crippen molar-refractivity contribution in [2.24, 2.45) is 5.73 Å². The van der Waals surface area contributed by atoms with Crippen molar-refractivity contribution in [1.29, 1.82) is 0 Å². The first-order valence-electron chi connectivity index (χ1n) is 10.2. The molecule has 1 unspecified atom stereocenters. The fraction of sp³-hybridized carbons (Fsp3) is 0.273. The molecule has 0 spiro atoms. The van der Waals surface area contributed by atoms with E-state index in [0.29, 0.717) is 34.8 Å². The SMILES string of the molecule is Cc1noc(-c2cc(CNS(C)(=O)=O)cc(-c3nnc(C(C)(N)Cc4ccccc4)o3)c2)n1. The highest BCUT2D eigenvalue weighted by atomic mass is 32.2. The molecule has 0 fully saturated rings. The molecule has 4 aromatic rings. The van der Waals surface area contributed by atoms with E-state index in [0.717, 1.165) is 11.8 Å². The second kappa shape index (κ2) is 8.85. The minimum atomic E-state index is -3.39. The molecule has 0 saturated heterocycles. The van der Waals surface area contributed by atoms with Gasteiger partial charge in [-0.3, -0.25) is 0 Å². The van der Waals surface area contributed by atoms with Crippen LogP contribution in [0.4, 0.5) is 0 Å². The monoisotopic (exact) mass is 468 g/mol. The molecule has 10 nitrogen and oxygen atoms in total. The van der Waals surface area contributed by atoms with Crippen LogP contribution in [0.25, 0.3) is 22.9 Å². The standard InChI is InChI=1S/C22H24N6O4S/c1-14-25-19(32-28-14)17-9-16(13-24-33(3,29)30)10-18(11-17)20-26-27-21(31-20)22(2,23)12-15-7-5-4-6-8-15/h4-11,24H,12-13,23H2,1-3H3. The first kappa shape index (κ1) is 22.8. The molecular weight excluding hydrogens is 444 g/mol. The molecule has 172 valence electrons. The van der Waals surface area contributed by atoms with Crippen LogP contribution >= 0.6 is 0 Å². The summed E-state index contributed by atoms with van der Waals surface area (Å²) in [7, 11) is -3.39. The number of hydrogen-bond donors (Lipinski definition) is 2. The molecule has 3 N–H and O–H groups in total. The summed E-state index contributed by atoms with van der Waals surface area (Å²) >= 11 is 0. The van der Waals surface area contributed by atoms with Gasteiger partial charge in [0.25, 0.3) is 5.89 Å². The zero-order valence-electron chi connectivity index (χ0n) is 18.4. The zero-order valence-corrected chi connectivity index (χ0v) is 19.3. The molecule has 0 bridgehead atoms. The predicted octanol–water partition coefficient (Wildman–Crippen LogP) is 2.56. The molecule has 0 aliphatic heterocycles. The number of nitrogens with zero attached hydrogens (tertiary/aromatic N) is 4. The van der Waals surface area contributed by atoms with E-state index in [1.54, 1.807) is 25.1 Å². The van der Waals surface area contributed by atoms with E-state index in [4.69, 9.17) is 14.7 Å². The Labute approximate surface area is 191 Å². The Kier molecular flexibility index (Phi) is 6.11. The van der Waals surface area contributed by atoms with Gasteiger partial charge in [-0.15, -0.1) is 10.2 Å². The number of aromatic nitrogens is 4. The maximum atomic E-state index is 11.6. The minimum Gasteiger partial charge on any atom is -0.419 e. The van der Waals surface area contributed by atoms with Crippen LogP contribution in [0.2, 0.25) is 0 Å². The van der Waals surface area contributed by atoms with Gasteiger partial charge in [-0.05, 0) is 49.6 Å². The Morgan fingerprint density at radius 3 is 2.36 bits per heavy atom. The molecule has 2 aromatic carbocycles. The van der Waals surface area contributed by atoms with E-state index in [1.807, 2.05) is 37.3 Å². The lowest BCUT2D eigenvalue weighted by Crippen LogP contribution is -2.35. The van der Waals surface area contributed by atoms with Gasteiger partial charge < -0.3 is 14.7 Å². The van der Waals surface area contributed by atoms with Crippen LogP contribution in [-0.4, -0.2) is 35.0 Å². The largest absolute Gasteiger partial charge is 0.419 e. The highest BCUT2D eigenvalue weighted by Gasteiger charge is 2.29. The van der Waals surface area contributed by atoms with Crippen molar-refractivity contribution in [3.05, 3.63) is 71.4 Å². The van der Waals surface area contributed by atoms with Gasteiger partial charge in [-0.2, -0.15) is 4.98 Å². The quantitative estimate of drug-likeness (QED) is 0.397. The van der Waals surface area contributed by atoms with Gasteiger partial charge in [0, 0.05) is 17.7 Å². The molecular formula is C22H24N6O4S. The maximum Gasteiger partial charge on any atom is 0.257 e. The van der Waals surface area contributed by atoms with Crippen LogP contribution in [0, 0.1) is 6.92 Å². The topological polar surface area (TPSA) is 150 Å². The van der Waals surface area contributed by atoms with Gasteiger partial charge in [0.1, 0.15) is 0 Å². The van der Waals surface area contributed by atoms with Crippen molar-refractivity contribution in [3.63, 3.8) is 0 Å². The normalized spacial score (nSPS) is 13.7. The lowest BCUT2D eigenvalue weighted by atomic mass is 9.94. The lowest BCUT2D eigenvalue weighted by Gasteiger charge is -2.20. The summed E-state index contributed by atoms with van der Waals surface area (Å²) < 4.78 is 36.9. The molecule has 0 radical (unpaired) electrons. The Bertz CT molecular complexity index is 1360. The minimum absolute atomic E-state index is 0.0659. The summed E-state index contributed by atoms with van der Waals surface area (Å²) in [5.41, 5.74) is 8.49. The third-order valence-corrected chi connectivity index (χ3v) is 5.55. The van der Waals surface area contributed by atoms with E-state index < -0.39 is 15.6 Å². The van der Waals surface area contributed by atoms with E-state index in [-0.39, 0.29) is 18.3 Å². The molecule has 0 aliphatic carbocycles. The van der Waals surface area contributed by atoms with Crippen LogP contribution in [0.15, 0.2) is 57.5 Å². The summed E-state index contributed by atoms with van der Waals surface area (Å²) in [4.78, 5) is 4.25. The number of rotatable bonds is 8. The number of sulfonamides is 1. The molecule has 4 rings (SSSR count). The Hall–Kier alpha value is -3.41. The fourth-order valence-electron chi connectivity index (χ4n) is 3.34. The molecule has 0 amide bonds. The maximum absolute atomic E-state index is 11.6. The first-order chi connectivity index (χ1) is 15.6. The van der Waals surface area contributed by atoms with Gasteiger partial charge >= 0.3 is 0 Å². The number of nitrogens with two attached hydrogens (primary N) is 1. The average Bonchev–Trinajstić information content (AvgIpc) is 3.42. The highest BCUT2D eigenvalue weighted by Crippen LogP contribution is 2.29. The third-order valence-electron chi connectivity index (χ3n) is 4.88. The van der Waals surface area contributed by atoms with Crippen LogP contribution in [0.3, 0.4) is 0 Å². The van der Waals surface area contributed by atoms with Gasteiger partial charge in [0.15, 0.2) is 5.82 Å². The van der Waals surface area contributed by atoms with Crippen molar-refractivity contribution in [2.75, 3.05) is 6.26 Å². The number of benzene rings is 2. The Morgan fingerprint density at radius 1 is 1.03 bits per heavy atom. The molecule has 0 saturated carbocycles. The van der Waals surface area contributed by atoms with E-state index >= 15 is 0 Å². The molecule has 0 aliphatic rings. The summed E-state index contributed by atoms with van der Waals surface area (Å²) in [5.74, 6) is 1.30. The second-order valence-electron chi connectivity index (χ2n) is 8.15. The van der Waals surface area contributed by atoms with Gasteiger partial charge in [0.2, 0.25) is 21.8 Å². The third kappa shape index (κ3) is 5.69. The van der Waals surface area contributed by atoms with Crippen LogP contribution in [0.5, 0.6) is 0 Å². The smallest absolute Gasteiger partial charge is 0.257 e.